The molecule has 0 aromatic heterocycles. The van der Waals surface area contributed by atoms with E-state index >= 15 is 0 Å². The number of aliphatic carboxylic acids is 1. The number of anilines is 1. The van der Waals surface area contributed by atoms with E-state index in [-0.39, 0.29) is 31.2 Å². The molecule has 1 aromatic carbocycles. The number of rotatable bonds is 3. The van der Waals surface area contributed by atoms with Crippen LogP contribution in [0.3, 0.4) is 0 Å². The van der Waals surface area contributed by atoms with Crippen molar-refractivity contribution in [2.45, 2.75) is 30.9 Å². The van der Waals surface area contributed by atoms with Crippen molar-refractivity contribution in [2.24, 2.45) is 0 Å². The minimum atomic E-state index is -1.05. The van der Waals surface area contributed by atoms with E-state index in [1.807, 2.05) is 24.3 Å². The van der Waals surface area contributed by atoms with Crippen LogP contribution in [-0.4, -0.2) is 52.2 Å². The third-order valence-corrected chi connectivity index (χ3v) is 4.24. The second-order valence-corrected chi connectivity index (χ2v) is 5.66. The predicted octanol–water partition coefficient (Wildman–Crippen LogP) is 0.632. The van der Waals surface area contributed by atoms with E-state index in [0.29, 0.717) is 6.54 Å². The summed E-state index contributed by atoms with van der Waals surface area (Å²) >= 11 is 0. The van der Waals surface area contributed by atoms with Crippen LogP contribution >= 0.6 is 0 Å². The van der Waals surface area contributed by atoms with Gasteiger partial charge in [0.05, 0.1) is 6.10 Å². The number of benzene rings is 1. The van der Waals surface area contributed by atoms with Crippen molar-refractivity contribution in [3.63, 3.8) is 0 Å². The fraction of sp³-hybridized carbons (Fsp3) is 0.467. The monoisotopic (exact) mass is 290 g/mol. The molecule has 3 rings (SSSR count). The first-order valence-corrected chi connectivity index (χ1v) is 7.09. The number of likely N-dealkylation sites (tertiary alicyclic amines) is 1. The Labute approximate surface area is 122 Å². The molecule has 2 aliphatic heterocycles. The molecule has 3 N–H and O–H groups in total. The number of aliphatic hydroxyl groups excluding tert-OH is 1. The van der Waals surface area contributed by atoms with Gasteiger partial charge >= 0.3 is 5.97 Å². The van der Waals surface area contributed by atoms with Gasteiger partial charge in [-0.2, -0.15) is 0 Å². The molecule has 1 fully saturated rings. The van der Waals surface area contributed by atoms with Crippen molar-refractivity contribution in [3.05, 3.63) is 29.8 Å². The number of carboxylic acid groups (broad SMARTS) is 1. The fourth-order valence-electron chi connectivity index (χ4n) is 3.19. The average molecular weight is 290 g/mol. The Morgan fingerprint density at radius 2 is 2.10 bits per heavy atom. The van der Waals surface area contributed by atoms with Crippen molar-refractivity contribution < 1.29 is 19.8 Å². The summed E-state index contributed by atoms with van der Waals surface area (Å²) in [4.78, 5) is 24.9. The third kappa shape index (κ3) is 2.58. The van der Waals surface area contributed by atoms with Crippen LogP contribution in [0.4, 0.5) is 5.69 Å². The molecule has 2 aliphatic rings. The lowest BCUT2D eigenvalue weighted by atomic mass is 9.97. The van der Waals surface area contributed by atoms with Crippen LogP contribution in [0.2, 0.25) is 0 Å². The van der Waals surface area contributed by atoms with Gasteiger partial charge in [-0.05, 0) is 11.6 Å². The van der Waals surface area contributed by atoms with Gasteiger partial charge in [-0.15, -0.1) is 0 Å². The van der Waals surface area contributed by atoms with E-state index < -0.39 is 18.1 Å². The number of carbonyl (C=O) groups is 2. The van der Waals surface area contributed by atoms with Gasteiger partial charge in [0.1, 0.15) is 6.04 Å². The second-order valence-electron chi connectivity index (χ2n) is 5.66. The first kappa shape index (κ1) is 13.9. The average Bonchev–Trinajstić information content (AvgIpc) is 3.03. The number of amides is 1. The summed E-state index contributed by atoms with van der Waals surface area (Å²) in [6, 6.07) is 6.92. The Balaban J connectivity index is 1.71. The lowest BCUT2D eigenvalue weighted by molar-refractivity contribution is -0.148. The molecule has 0 aliphatic carbocycles. The largest absolute Gasteiger partial charge is 0.480 e. The summed E-state index contributed by atoms with van der Waals surface area (Å²) in [5.74, 6) is -1.20. The van der Waals surface area contributed by atoms with E-state index in [1.54, 1.807) is 0 Å². The molecule has 6 heteroatoms. The smallest absolute Gasteiger partial charge is 0.326 e. The number of nitrogens with one attached hydrogen (secondary N) is 1. The summed E-state index contributed by atoms with van der Waals surface area (Å²) in [6.45, 7) is 0.789. The minimum Gasteiger partial charge on any atom is -0.480 e. The van der Waals surface area contributed by atoms with Crippen molar-refractivity contribution in [2.75, 3.05) is 18.4 Å². The maximum Gasteiger partial charge on any atom is 0.326 e. The lowest BCUT2D eigenvalue weighted by Gasteiger charge is -2.22. The van der Waals surface area contributed by atoms with Gasteiger partial charge in [0.2, 0.25) is 5.91 Å². The molecule has 0 radical (unpaired) electrons. The number of hydrogen-bond acceptors (Lipinski definition) is 4. The van der Waals surface area contributed by atoms with E-state index in [1.165, 1.54) is 4.90 Å². The van der Waals surface area contributed by atoms with Crippen molar-refractivity contribution in [1.29, 1.82) is 0 Å². The summed E-state index contributed by atoms with van der Waals surface area (Å²) in [5.41, 5.74) is 2.13. The Kier molecular flexibility index (Phi) is 3.55. The Morgan fingerprint density at radius 3 is 2.86 bits per heavy atom. The van der Waals surface area contributed by atoms with Crippen molar-refractivity contribution in [1.82, 2.24) is 4.90 Å². The molecule has 1 aromatic rings. The molecular weight excluding hydrogens is 272 g/mol. The van der Waals surface area contributed by atoms with E-state index in [4.69, 9.17) is 5.11 Å². The maximum atomic E-state index is 12.4. The molecule has 0 bridgehead atoms. The summed E-state index contributed by atoms with van der Waals surface area (Å²) in [5, 5.41) is 22.0. The quantitative estimate of drug-likeness (QED) is 0.760. The Morgan fingerprint density at radius 1 is 1.33 bits per heavy atom. The van der Waals surface area contributed by atoms with E-state index in [9.17, 15) is 14.7 Å². The zero-order valence-electron chi connectivity index (χ0n) is 11.5. The standard InChI is InChI=1S/C15H18N2O4/c18-10-6-13(15(20)21)17(8-10)14(19)5-9-7-16-12-4-2-1-3-11(9)12/h1-4,9-10,13,16,18H,5-8H2,(H,20,21)/t9?,10-,13+/m1/s1. The highest BCUT2D eigenvalue weighted by molar-refractivity contribution is 5.85. The van der Waals surface area contributed by atoms with Gasteiger partial charge in [0, 0.05) is 37.5 Å². The van der Waals surface area contributed by atoms with Gasteiger partial charge in [-0.3, -0.25) is 4.79 Å². The van der Waals surface area contributed by atoms with Gasteiger partial charge < -0.3 is 20.4 Å². The third-order valence-electron chi connectivity index (χ3n) is 4.24. The summed E-state index contributed by atoms with van der Waals surface area (Å²) in [7, 11) is 0. The number of carboxylic acids is 1. The molecule has 112 valence electrons. The SMILES string of the molecule is O=C(O)[C@@H]1C[C@@H](O)CN1C(=O)CC1CNc2ccccc21. The molecule has 1 amide bonds. The van der Waals surface area contributed by atoms with Crippen molar-refractivity contribution >= 4 is 17.6 Å². The maximum absolute atomic E-state index is 12.4. The van der Waals surface area contributed by atoms with Crippen LogP contribution in [0.5, 0.6) is 0 Å². The second kappa shape index (κ2) is 5.37. The van der Waals surface area contributed by atoms with Gasteiger partial charge in [0.25, 0.3) is 0 Å². The molecule has 1 unspecified atom stereocenters. The molecule has 21 heavy (non-hydrogen) atoms. The van der Waals surface area contributed by atoms with Crippen LogP contribution in [0.1, 0.15) is 24.3 Å². The van der Waals surface area contributed by atoms with Crippen LogP contribution in [0, 0.1) is 0 Å². The number of β-amino-alcohol motifs (C(OH)–C–C–N with tert-alkyl or cyclic N) is 1. The van der Waals surface area contributed by atoms with Crippen LogP contribution < -0.4 is 5.32 Å². The fourth-order valence-corrected chi connectivity index (χ4v) is 3.19. The molecule has 0 spiro atoms. The van der Waals surface area contributed by atoms with E-state index in [2.05, 4.69) is 5.32 Å². The van der Waals surface area contributed by atoms with Gasteiger partial charge in [0.15, 0.2) is 0 Å². The van der Waals surface area contributed by atoms with Crippen LogP contribution in [-0.2, 0) is 9.59 Å². The molecule has 3 atom stereocenters. The highest BCUT2D eigenvalue weighted by Crippen LogP contribution is 2.34. The number of hydrogen-bond donors (Lipinski definition) is 3. The number of carbonyl (C=O) groups excluding carboxylic acids is 1. The first-order chi connectivity index (χ1) is 10.1. The highest BCUT2D eigenvalue weighted by Gasteiger charge is 2.39. The summed E-state index contributed by atoms with van der Waals surface area (Å²) < 4.78 is 0. The molecular formula is C15H18N2O4. The minimum absolute atomic E-state index is 0.0564. The Bertz CT molecular complexity index is 575. The molecule has 6 nitrogen and oxygen atoms in total. The van der Waals surface area contributed by atoms with Gasteiger partial charge in [-0.1, -0.05) is 18.2 Å². The number of nitrogens with zero attached hydrogens (tertiary/aromatic N) is 1. The lowest BCUT2D eigenvalue weighted by Crippen LogP contribution is -2.41. The molecule has 2 heterocycles. The predicted molar refractivity (Wildman–Crippen MR) is 76.1 cm³/mol. The number of para-hydroxylation sites is 1. The van der Waals surface area contributed by atoms with E-state index in [0.717, 1.165) is 11.3 Å². The number of fused-ring (bicyclic) bond motifs is 1. The zero-order valence-corrected chi connectivity index (χ0v) is 11.5. The zero-order chi connectivity index (χ0) is 15.0. The molecule has 1 saturated heterocycles. The van der Waals surface area contributed by atoms with Gasteiger partial charge in [-0.25, -0.2) is 4.79 Å². The Hall–Kier alpha value is -2.08. The highest BCUT2D eigenvalue weighted by atomic mass is 16.4. The normalized spacial score (nSPS) is 27.3. The topological polar surface area (TPSA) is 89.9 Å². The molecule has 0 saturated carbocycles. The summed E-state index contributed by atoms with van der Waals surface area (Å²) in [6.07, 6.45) is -0.370. The van der Waals surface area contributed by atoms with Crippen LogP contribution in [0.15, 0.2) is 24.3 Å². The number of aliphatic hydroxyl groups is 1. The first-order valence-electron chi connectivity index (χ1n) is 7.09. The van der Waals surface area contributed by atoms with Crippen LogP contribution in [0.25, 0.3) is 0 Å². The van der Waals surface area contributed by atoms with Crippen molar-refractivity contribution in [3.8, 4) is 0 Å².